The van der Waals surface area contributed by atoms with Crippen molar-refractivity contribution in [2.75, 3.05) is 18.5 Å². The number of phenols is 1. The Bertz CT molecular complexity index is 773. The van der Waals surface area contributed by atoms with Gasteiger partial charge in [-0.2, -0.15) is 0 Å². The number of amides is 1. The lowest BCUT2D eigenvalue weighted by Crippen LogP contribution is -2.43. The zero-order chi connectivity index (χ0) is 17.1. The number of phenolic OH excluding ortho intramolecular Hbond substituents is 1. The summed E-state index contributed by atoms with van der Waals surface area (Å²) in [4.78, 5) is 14.5. The fourth-order valence-corrected chi connectivity index (χ4v) is 2.90. The van der Waals surface area contributed by atoms with Gasteiger partial charge in [0.15, 0.2) is 11.5 Å². The summed E-state index contributed by atoms with van der Waals surface area (Å²) < 4.78 is 5.46. The van der Waals surface area contributed by atoms with Crippen molar-refractivity contribution in [1.29, 1.82) is 0 Å². The maximum atomic E-state index is 12.8. The molecule has 0 saturated heterocycles. The summed E-state index contributed by atoms with van der Waals surface area (Å²) in [7, 11) is 0. The summed E-state index contributed by atoms with van der Waals surface area (Å²) in [5.41, 5.74) is 1.94. The number of aromatic hydroxyl groups is 1. The highest BCUT2D eigenvalue weighted by Crippen LogP contribution is 2.40. The number of carbonyl (C=O) groups excluding carboxylic acids is 1. The zero-order valence-corrected chi connectivity index (χ0v) is 13.5. The van der Waals surface area contributed by atoms with Gasteiger partial charge in [0.2, 0.25) is 0 Å². The molecule has 124 valence electrons. The van der Waals surface area contributed by atoms with E-state index in [1.807, 2.05) is 25.1 Å². The van der Waals surface area contributed by atoms with Gasteiger partial charge in [0.1, 0.15) is 6.17 Å². The number of anilines is 1. The number of rotatable bonds is 5. The molecule has 0 fully saturated rings. The predicted molar refractivity (Wildman–Crippen MR) is 93.3 cm³/mol. The van der Waals surface area contributed by atoms with Gasteiger partial charge in [-0.05, 0) is 25.1 Å². The van der Waals surface area contributed by atoms with E-state index in [1.165, 1.54) is 0 Å². The van der Waals surface area contributed by atoms with Gasteiger partial charge < -0.3 is 20.1 Å². The van der Waals surface area contributed by atoms with Crippen LogP contribution in [0.2, 0.25) is 0 Å². The molecule has 0 aliphatic carbocycles. The van der Waals surface area contributed by atoms with Crippen LogP contribution in [0.15, 0.2) is 55.1 Å². The molecule has 1 heterocycles. The fourth-order valence-electron chi connectivity index (χ4n) is 2.90. The summed E-state index contributed by atoms with van der Waals surface area (Å²) in [5, 5.41) is 13.9. The molecule has 2 N–H and O–H groups in total. The van der Waals surface area contributed by atoms with E-state index in [0.29, 0.717) is 30.0 Å². The molecule has 5 heteroatoms. The molecule has 1 atom stereocenters. The number of nitrogens with zero attached hydrogens (tertiary/aromatic N) is 1. The number of hydrogen-bond acceptors (Lipinski definition) is 4. The molecule has 24 heavy (non-hydrogen) atoms. The summed E-state index contributed by atoms with van der Waals surface area (Å²) in [5.74, 6) is 0.343. The Balaban J connectivity index is 2.07. The van der Waals surface area contributed by atoms with Crippen molar-refractivity contribution in [2.45, 2.75) is 13.1 Å². The first kappa shape index (κ1) is 15.9. The number of benzene rings is 2. The molecule has 1 amide bonds. The minimum Gasteiger partial charge on any atom is -0.504 e. The van der Waals surface area contributed by atoms with E-state index in [1.54, 1.807) is 35.2 Å². The van der Waals surface area contributed by atoms with Crippen LogP contribution in [-0.2, 0) is 0 Å². The summed E-state index contributed by atoms with van der Waals surface area (Å²) in [6.07, 6.45) is 1.18. The summed E-state index contributed by atoms with van der Waals surface area (Å²) in [6, 6.07) is 12.6. The standard InChI is InChI=1S/C19H20N2O3/c1-3-12-21-18(14-9-7-11-16(17(14)22)24-4-2)20-15-10-6-5-8-13(15)19(21)23/h3,5-11,18,20,22H,1,4,12H2,2H3/t18-/m1/s1. The van der Waals surface area contributed by atoms with Crippen molar-refractivity contribution in [3.63, 3.8) is 0 Å². The topological polar surface area (TPSA) is 61.8 Å². The minimum atomic E-state index is -0.495. The molecule has 2 aromatic carbocycles. The number of para-hydroxylation sites is 2. The van der Waals surface area contributed by atoms with Crippen molar-refractivity contribution < 1.29 is 14.6 Å². The smallest absolute Gasteiger partial charge is 0.258 e. The van der Waals surface area contributed by atoms with Gasteiger partial charge in [-0.1, -0.05) is 30.3 Å². The Hall–Kier alpha value is -2.95. The highest BCUT2D eigenvalue weighted by molar-refractivity contribution is 6.01. The fraction of sp³-hybridized carbons (Fsp3) is 0.211. The monoisotopic (exact) mass is 324 g/mol. The Morgan fingerprint density at radius 2 is 2.08 bits per heavy atom. The van der Waals surface area contributed by atoms with Gasteiger partial charge >= 0.3 is 0 Å². The number of carbonyl (C=O) groups is 1. The maximum Gasteiger partial charge on any atom is 0.258 e. The molecular weight excluding hydrogens is 304 g/mol. The van der Waals surface area contributed by atoms with Crippen LogP contribution >= 0.6 is 0 Å². The van der Waals surface area contributed by atoms with Gasteiger partial charge in [-0.3, -0.25) is 4.79 Å². The quantitative estimate of drug-likeness (QED) is 0.826. The van der Waals surface area contributed by atoms with Crippen molar-refractivity contribution in [1.82, 2.24) is 4.90 Å². The van der Waals surface area contributed by atoms with E-state index in [0.717, 1.165) is 5.69 Å². The lowest BCUT2D eigenvalue weighted by atomic mass is 10.0. The molecule has 2 aromatic rings. The first-order valence-electron chi connectivity index (χ1n) is 7.89. The van der Waals surface area contributed by atoms with Crippen LogP contribution in [0.3, 0.4) is 0 Å². The normalized spacial score (nSPS) is 16.3. The first-order valence-corrected chi connectivity index (χ1v) is 7.89. The third kappa shape index (κ3) is 2.69. The van der Waals surface area contributed by atoms with E-state index < -0.39 is 6.17 Å². The third-order valence-electron chi connectivity index (χ3n) is 3.97. The van der Waals surface area contributed by atoms with E-state index in [9.17, 15) is 9.90 Å². The van der Waals surface area contributed by atoms with E-state index >= 15 is 0 Å². The van der Waals surface area contributed by atoms with Gasteiger partial charge in [-0.25, -0.2) is 0 Å². The highest BCUT2D eigenvalue weighted by Gasteiger charge is 2.33. The SMILES string of the molecule is C=CCN1C(=O)c2ccccc2N[C@H]1c1cccc(OCC)c1O. The molecule has 0 radical (unpaired) electrons. The van der Waals surface area contributed by atoms with Crippen molar-refractivity contribution in [3.8, 4) is 11.5 Å². The lowest BCUT2D eigenvalue weighted by Gasteiger charge is -2.37. The number of nitrogens with one attached hydrogen (secondary N) is 1. The molecular formula is C19H20N2O3. The average Bonchev–Trinajstić information content (AvgIpc) is 2.60. The van der Waals surface area contributed by atoms with E-state index in [4.69, 9.17) is 4.74 Å². The number of hydrogen-bond donors (Lipinski definition) is 2. The molecule has 3 rings (SSSR count). The van der Waals surface area contributed by atoms with Crippen molar-refractivity contribution in [2.24, 2.45) is 0 Å². The van der Waals surface area contributed by atoms with Crippen LogP contribution in [0.4, 0.5) is 5.69 Å². The van der Waals surface area contributed by atoms with Crippen molar-refractivity contribution >= 4 is 11.6 Å². The van der Waals surface area contributed by atoms with Crippen LogP contribution in [0, 0.1) is 0 Å². The van der Waals surface area contributed by atoms with Gasteiger partial charge in [0, 0.05) is 17.8 Å². The highest BCUT2D eigenvalue weighted by atomic mass is 16.5. The predicted octanol–water partition coefficient (Wildman–Crippen LogP) is 3.54. The zero-order valence-electron chi connectivity index (χ0n) is 13.5. The Morgan fingerprint density at radius 3 is 2.83 bits per heavy atom. The molecule has 0 aromatic heterocycles. The van der Waals surface area contributed by atoms with Crippen LogP contribution in [-0.4, -0.2) is 29.1 Å². The molecule has 0 spiro atoms. The summed E-state index contributed by atoms with van der Waals surface area (Å²) >= 11 is 0. The second kappa shape index (κ2) is 6.66. The van der Waals surface area contributed by atoms with Gasteiger partial charge in [0.05, 0.1) is 12.2 Å². The van der Waals surface area contributed by atoms with Crippen LogP contribution in [0.1, 0.15) is 29.0 Å². The van der Waals surface area contributed by atoms with Crippen molar-refractivity contribution in [3.05, 3.63) is 66.2 Å². The van der Waals surface area contributed by atoms with E-state index in [2.05, 4.69) is 11.9 Å². The summed E-state index contributed by atoms with van der Waals surface area (Å²) in [6.45, 7) is 6.41. The number of ether oxygens (including phenoxy) is 1. The Labute approximate surface area is 141 Å². The minimum absolute atomic E-state index is 0.0399. The average molecular weight is 324 g/mol. The van der Waals surface area contributed by atoms with Crippen LogP contribution in [0.25, 0.3) is 0 Å². The van der Waals surface area contributed by atoms with Gasteiger partial charge in [0.25, 0.3) is 5.91 Å². The van der Waals surface area contributed by atoms with Gasteiger partial charge in [-0.15, -0.1) is 6.58 Å². The number of fused-ring (bicyclic) bond motifs is 1. The van der Waals surface area contributed by atoms with Crippen LogP contribution in [0.5, 0.6) is 11.5 Å². The van der Waals surface area contributed by atoms with Crippen LogP contribution < -0.4 is 10.1 Å². The maximum absolute atomic E-state index is 12.8. The second-order valence-corrected chi connectivity index (χ2v) is 5.47. The molecule has 0 bridgehead atoms. The molecule has 1 aliphatic heterocycles. The largest absolute Gasteiger partial charge is 0.504 e. The Morgan fingerprint density at radius 1 is 1.29 bits per heavy atom. The molecule has 5 nitrogen and oxygen atoms in total. The second-order valence-electron chi connectivity index (χ2n) is 5.47. The first-order chi connectivity index (χ1) is 11.7. The Kier molecular flexibility index (Phi) is 4.42. The van der Waals surface area contributed by atoms with E-state index in [-0.39, 0.29) is 11.7 Å². The molecule has 1 aliphatic rings. The molecule has 0 saturated carbocycles. The third-order valence-corrected chi connectivity index (χ3v) is 3.97. The molecule has 0 unspecified atom stereocenters. The lowest BCUT2D eigenvalue weighted by molar-refractivity contribution is 0.0705.